The lowest BCUT2D eigenvalue weighted by Crippen LogP contribution is -2.28. The number of carbonyl (C=O) groups is 1. The van der Waals surface area contributed by atoms with Crippen LogP contribution >= 0.6 is 0 Å². The molecule has 1 unspecified atom stereocenters. The number of aliphatic hydroxyl groups is 1. The molecule has 1 aromatic carbocycles. The Bertz CT molecular complexity index is 652. The number of hydrogen-bond donors (Lipinski definition) is 3. The van der Waals surface area contributed by atoms with Gasteiger partial charge in [-0.15, -0.1) is 0 Å². The van der Waals surface area contributed by atoms with Crippen LogP contribution in [-0.2, 0) is 6.54 Å². The molecule has 0 aliphatic carbocycles. The second-order valence-corrected chi connectivity index (χ2v) is 5.47. The van der Waals surface area contributed by atoms with Crippen molar-refractivity contribution in [3.63, 3.8) is 0 Å². The van der Waals surface area contributed by atoms with E-state index < -0.39 is 6.10 Å². The van der Waals surface area contributed by atoms with E-state index >= 15 is 0 Å². The van der Waals surface area contributed by atoms with Gasteiger partial charge in [-0.3, -0.25) is 4.79 Å². The standard InChI is InChI=1S/C17H22N2O4/c1-11(2)23-14-5-3-4-12(6-14)16(20)9-19-17(21)13-7-15(8-18)22-10-13/h3-7,10-11,16,20H,8-9,18H2,1-2H3,(H,19,21). The van der Waals surface area contributed by atoms with Crippen LogP contribution in [0.1, 0.15) is 41.6 Å². The van der Waals surface area contributed by atoms with Crippen LogP contribution in [0.4, 0.5) is 0 Å². The second kappa shape index (κ2) is 7.80. The Labute approximate surface area is 135 Å². The number of amides is 1. The number of furan rings is 1. The molecule has 0 radical (unpaired) electrons. The lowest BCUT2D eigenvalue weighted by Gasteiger charge is -2.15. The Balaban J connectivity index is 1.93. The summed E-state index contributed by atoms with van der Waals surface area (Å²) in [7, 11) is 0. The number of rotatable bonds is 7. The quantitative estimate of drug-likeness (QED) is 0.725. The van der Waals surface area contributed by atoms with E-state index in [2.05, 4.69) is 5.32 Å². The van der Waals surface area contributed by atoms with Crippen LogP contribution in [-0.4, -0.2) is 23.7 Å². The summed E-state index contributed by atoms with van der Waals surface area (Å²) < 4.78 is 10.7. The summed E-state index contributed by atoms with van der Waals surface area (Å²) in [5, 5.41) is 12.9. The smallest absolute Gasteiger partial charge is 0.254 e. The minimum atomic E-state index is -0.824. The van der Waals surface area contributed by atoms with Gasteiger partial charge in [0, 0.05) is 6.54 Å². The van der Waals surface area contributed by atoms with E-state index in [9.17, 15) is 9.90 Å². The summed E-state index contributed by atoms with van der Waals surface area (Å²) in [5.74, 6) is 0.904. The normalized spacial score (nSPS) is 12.2. The van der Waals surface area contributed by atoms with Crippen molar-refractivity contribution in [2.45, 2.75) is 32.6 Å². The van der Waals surface area contributed by atoms with E-state index in [1.807, 2.05) is 26.0 Å². The molecule has 6 nitrogen and oxygen atoms in total. The maximum Gasteiger partial charge on any atom is 0.254 e. The van der Waals surface area contributed by atoms with Gasteiger partial charge in [-0.05, 0) is 37.6 Å². The van der Waals surface area contributed by atoms with Gasteiger partial charge in [0.05, 0.1) is 24.3 Å². The third-order valence-corrected chi connectivity index (χ3v) is 3.19. The van der Waals surface area contributed by atoms with Gasteiger partial charge >= 0.3 is 0 Å². The zero-order valence-electron chi connectivity index (χ0n) is 13.3. The van der Waals surface area contributed by atoms with Crippen molar-refractivity contribution in [1.29, 1.82) is 0 Å². The third-order valence-electron chi connectivity index (χ3n) is 3.19. The monoisotopic (exact) mass is 318 g/mol. The highest BCUT2D eigenvalue weighted by Crippen LogP contribution is 2.20. The van der Waals surface area contributed by atoms with Crippen LogP contribution in [0.15, 0.2) is 41.0 Å². The zero-order chi connectivity index (χ0) is 16.8. The highest BCUT2D eigenvalue weighted by atomic mass is 16.5. The first kappa shape index (κ1) is 17.1. The molecule has 124 valence electrons. The van der Waals surface area contributed by atoms with Crippen LogP contribution in [0.2, 0.25) is 0 Å². The molecule has 2 aromatic rings. The molecule has 0 fully saturated rings. The van der Waals surface area contributed by atoms with E-state index in [-0.39, 0.29) is 25.1 Å². The van der Waals surface area contributed by atoms with Crippen molar-refractivity contribution in [1.82, 2.24) is 5.32 Å². The van der Waals surface area contributed by atoms with Gasteiger partial charge in [0.15, 0.2) is 0 Å². The maximum atomic E-state index is 12.0. The SMILES string of the molecule is CC(C)Oc1cccc(C(O)CNC(=O)c2coc(CN)c2)c1. The molecule has 1 aromatic heterocycles. The van der Waals surface area contributed by atoms with E-state index in [0.29, 0.717) is 22.6 Å². The fourth-order valence-corrected chi connectivity index (χ4v) is 2.08. The van der Waals surface area contributed by atoms with Gasteiger partial charge in [0.2, 0.25) is 0 Å². The minimum Gasteiger partial charge on any atom is -0.491 e. The summed E-state index contributed by atoms with van der Waals surface area (Å²) in [5.41, 5.74) is 6.50. The average Bonchev–Trinajstić information content (AvgIpc) is 3.01. The molecule has 0 aliphatic heterocycles. The molecule has 0 aliphatic rings. The molecule has 0 bridgehead atoms. The van der Waals surface area contributed by atoms with E-state index in [0.717, 1.165) is 0 Å². The van der Waals surface area contributed by atoms with Crippen LogP contribution in [0.5, 0.6) is 5.75 Å². The first-order valence-electron chi connectivity index (χ1n) is 7.50. The predicted molar refractivity (Wildman–Crippen MR) is 86.1 cm³/mol. The molecule has 23 heavy (non-hydrogen) atoms. The van der Waals surface area contributed by atoms with Crippen molar-refractivity contribution in [2.24, 2.45) is 5.73 Å². The lowest BCUT2D eigenvalue weighted by atomic mass is 10.1. The summed E-state index contributed by atoms with van der Waals surface area (Å²) in [6, 6.07) is 8.77. The third kappa shape index (κ3) is 4.84. The summed E-state index contributed by atoms with van der Waals surface area (Å²) in [6.45, 7) is 4.19. The van der Waals surface area contributed by atoms with Crippen molar-refractivity contribution >= 4 is 5.91 Å². The van der Waals surface area contributed by atoms with Crippen LogP contribution < -0.4 is 15.8 Å². The first-order chi connectivity index (χ1) is 11.0. The molecule has 0 saturated heterocycles. The molecule has 4 N–H and O–H groups in total. The molecule has 1 atom stereocenters. The van der Waals surface area contributed by atoms with Gasteiger partial charge in [-0.2, -0.15) is 0 Å². The number of nitrogens with one attached hydrogen (secondary N) is 1. The van der Waals surface area contributed by atoms with Crippen LogP contribution in [0, 0.1) is 0 Å². The number of benzene rings is 1. The summed E-state index contributed by atoms with van der Waals surface area (Å²) in [4.78, 5) is 12.0. The molecule has 2 rings (SSSR count). The first-order valence-corrected chi connectivity index (χ1v) is 7.50. The Morgan fingerprint density at radius 3 is 2.83 bits per heavy atom. The minimum absolute atomic E-state index is 0.0555. The van der Waals surface area contributed by atoms with E-state index in [1.165, 1.54) is 6.26 Å². The highest BCUT2D eigenvalue weighted by molar-refractivity contribution is 5.93. The van der Waals surface area contributed by atoms with E-state index in [4.69, 9.17) is 14.9 Å². The number of carbonyl (C=O) groups excluding carboxylic acids is 1. The molecular weight excluding hydrogens is 296 g/mol. The molecule has 6 heteroatoms. The highest BCUT2D eigenvalue weighted by Gasteiger charge is 2.13. The van der Waals surface area contributed by atoms with Crippen molar-refractivity contribution in [3.05, 3.63) is 53.5 Å². The Kier molecular flexibility index (Phi) is 5.78. The Hall–Kier alpha value is -2.31. The number of aliphatic hydroxyl groups excluding tert-OH is 1. The van der Waals surface area contributed by atoms with Crippen LogP contribution in [0.3, 0.4) is 0 Å². The Morgan fingerprint density at radius 1 is 1.39 bits per heavy atom. The summed E-state index contributed by atoms with van der Waals surface area (Å²) >= 11 is 0. The number of hydrogen-bond acceptors (Lipinski definition) is 5. The largest absolute Gasteiger partial charge is 0.491 e. The molecule has 0 saturated carbocycles. The van der Waals surface area contributed by atoms with E-state index in [1.54, 1.807) is 18.2 Å². The van der Waals surface area contributed by atoms with Crippen molar-refractivity contribution < 1.29 is 19.1 Å². The van der Waals surface area contributed by atoms with Gasteiger partial charge in [-0.25, -0.2) is 0 Å². The average molecular weight is 318 g/mol. The lowest BCUT2D eigenvalue weighted by molar-refractivity contribution is 0.0915. The van der Waals surface area contributed by atoms with Crippen LogP contribution in [0.25, 0.3) is 0 Å². The number of ether oxygens (including phenoxy) is 1. The van der Waals surface area contributed by atoms with Gasteiger partial charge in [0.25, 0.3) is 5.91 Å². The van der Waals surface area contributed by atoms with Crippen molar-refractivity contribution in [3.8, 4) is 5.75 Å². The summed E-state index contributed by atoms with van der Waals surface area (Å²) in [6.07, 6.45) is 0.580. The molecular formula is C17H22N2O4. The second-order valence-electron chi connectivity index (χ2n) is 5.47. The number of nitrogens with two attached hydrogens (primary N) is 1. The maximum absolute atomic E-state index is 12.0. The van der Waals surface area contributed by atoms with Gasteiger partial charge in [-0.1, -0.05) is 12.1 Å². The van der Waals surface area contributed by atoms with Gasteiger partial charge in [0.1, 0.15) is 17.8 Å². The molecule has 0 spiro atoms. The molecule has 1 heterocycles. The predicted octanol–water partition coefficient (Wildman–Crippen LogP) is 1.99. The van der Waals surface area contributed by atoms with Crippen molar-refractivity contribution in [2.75, 3.05) is 6.54 Å². The zero-order valence-corrected chi connectivity index (χ0v) is 13.3. The fraction of sp³-hybridized carbons (Fsp3) is 0.353. The fourth-order valence-electron chi connectivity index (χ4n) is 2.08. The Morgan fingerprint density at radius 2 is 2.17 bits per heavy atom. The molecule has 1 amide bonds. The topological polar surface area (TPSA) is 97.7 Å². The van der Waals surface area contributed by atoms with Gasteiger partial charge < -0.3 is 25.3 Å².